The summed E-state index contributed by atoms with van der Waals surface area (Å²) < 4.78 is 13.9. The molecule has 0 fully saturated rings. The molecule has 0 N–H and O–H groups in total. The van der Waals surface area contributed by atoms with E-state index in [1.807, 2.05) is 6.92 Å². The number of hydrogen-bond donors (Lipinski definition) is 0. The second-order valence-corrected chi connectivity index (χ2v) is 1.39. The second-order valence-electron chi connectivity index (χ2n) is 0.932. The van der Waals surface area contributed by atoms with Crippen molar-refractivity contribution >= 4 is 8.69 Å². The maximum Gasteiger partial charge on any atom is 0.494 e. The quantitative estimate of drug-likeness (QED) is 0.365. The van der Waals surface area contributed by atoms with Crippen LogP contribution in [0.1, 0.15) is 13.3 Å². The molecule has 0 heterocycles. The minimum absolute atomic E-state index is 0. The Kier molecular flexibility index (Phi) is 14.9. The molecule has 0 aliphatic heterocycles. The standard InChI is InChI=1S/C3H8O2P.Zn/c1-2-3-5-6-4;/h6H,2-3H2,1H3;/q+1;. The Balaban J connectivity index is 0. The molecule has 0 aromatic heterocycles. The van der Waals surface area contributed by atoms with Gasteiger partial charge in [-0.1, -0.05) is 6.92 Å². The Bertz CT molecular complexity index is 41.9. The van der Waals surface area contributed by atoms with Crippen LogP contribution in [0.5, 0.6) is 0 Å². The maximum absolute atomic E-state index is 9.49. The Hall–Kier alpha value is 0.683. The first-order chi connectivity index (χ1) is 2.91. The molecule has 0 aliphatic carbocycles. The molecule has 7 heavy (non-hydrogen) atoms. The fourth-order valence-electron chi connectivity index (χ4n) is 0.144. The van der Waals surface area contributed by atoms with E-state index in [9.17, 15) is 4.57 Å². The molecule has 0 rings (SSSR count). The summed E-state index contributed by atoms with van der Waals surface area (Å²) in [5.41, 5.74) is 0. The van der Waals surface area contributed by atoms with E-state index in [1.54, 1.807) is 0 Å². The largest absolute Gasteiger partial charge is 0.494 e. The van der Waals surface area contributed by atoms with Gasteiger partial charge in [-0.05, 0) is 11.0 Å². The van der Waals surface area contributed by atoms with E-state index < -0.39 is 8.69 Å². The molecule has 0 aliphatic rings. The molecule has 0 aromatic rings. The average molecular weight is 172 g/mol. The smallest absolute Gasteiger partial charge is 0.148 e. The molecule has 0 bridgehead atoms. The molecule has 0 radical (unpaired) electrons. The second kappa shape index (κ2) is 9.84. The Morgan fingerprint density at radius 1 is 1.71 bits per heavy atom. The van der Waals surface area contributed by atoms with E-state index in [4.69, 9.17) is 0 Å². The molecule has 2 nitrogen and oxygen atoms in total. The van der Waals surface area contributed by atoms with E-state index >= 15 is 0 Å². The van der Waals surface area contributed by atoms with Crippen LogP contribution in [0, 0.1) is 0 Å². The van der Waals surface area contributed by atoms with Crippen LogP contribution in [0.2, 0.25) is 0 Å². The molecule has 1 atom stereocenters. The van der Waals surface area contributed by atoms with Gasteiger partial charge in [0.15, 0.2) is 0 Å². The van der Waals surface area contributed by atoms with Gasteiger partial charge in [0.1, 0.15) is 6.61 Å². The maximum atomic E-state index is 9.49. The molecule has 4 heteroatoms. The van der Waals surface area contributed by atoms with E-state index in [1.165, 1.54) is 0 Å². The predicted octanol–water partition coefficient (Wildman–Crippen LogP) is 1.35. The zero-order valence-electron chi connectivity index (χ0n) is 4.44. The third-order valence-electron chi connectivity index (χ3n) is 0.365. The molecule has 0 saturated heterocycles. The molecule has 0 aromatic carbocycles. The van der Waals surface area contributed by atoms with Crippen molar-refractivity contribution in [2.24, 2.45) is 0 Å². The average Bonchev–Trinajstić information content (AvgIpc) is 1.61. The van der Waals surface area contributed by atoms with Crippen molar-refractivity contribution in [3.05, 3.63) is 0 Å². The predicted molar refractivity (Wildman–Crippen MR) is 25.2 cm³/mol. The van der Waals surface area contributed by atoms with Crippen LogP contribution in [0.3, 0.4) is 0 Å². The van der Waals surface area contributed by atoms with Crippen LogP contribution >= 0.6 is 8.69 Å². The van der Waals surface area contributed by atoms with Crippen LogP contribution < -0.4 is 0 Å². The van der Waals surface area contributed by atoms with Crippen molar-refractivity contribution in [2.75, 3.05) is 6.61 Å². The van der Waals surface area contributed by atoms with Gasteiger partial charge in [-0.25, -0.2) is 0 Å². The summed E-state index contributed by atoms with van der Waals surface area (Å²) in [5.74, 6) is 0. The van der Waals surface area contributed by atoms with Crippen LogP contribution in [-0.4, -0.2) is 6.61 Å². The van der Waals surface area contributed by atoms with Crippen molar-refractivity contribution in [3.8, 4) is 0 Å². The monoisotopic (exact) mass is 171 g/mol. The van der Waals surface area contributed by atoms with Crippen molar-refractivity contribution in [1.82, 2.24) is 0 Å². The van der Waals surface area contributed by atoms with E-state index in [2.05, 4.69) is 4.52 Å². The Morgan fingerprint density at radius 2 is 2.29 bits per heavy atom. The Labute approximate surface area is 57.7 Å². The van der Waals surface area contributed by atoms with Crippen LogP contribution in [0.4, 0.5) is 0 Å². The summed E-state index contributed by atoms with van der Waals surface area (Å²) in [4.78, 5) is 0. The summed E-state index contributed by atoms with van der Waals surface area (Å²) in [6.45, 7) is 2.59. The van der Waals surface area contributed by atoms with Gasteiger partial charge in [-0.3, -0.25) is 0 Å². The van der Waals surface area contributed by atoms with Crippen molar-refractivity contribution in [2.45, 2.75) is 13.3 Å². The first kappa shape index (κ1) is 10.6. The molecule has 1 unspecified atom stereocenters. The van der Waals surface area contributed by atoms with Gasteiger partial charge in [0.2, 0.25) is 0 Å². The fraction of sp³-hybridized carbons (Fsp3) is 1.00. The molecular weight excluding hydrogens is 164 g/mol. The number of rotatable bonds is 3. The normalized spacial score (nSPS) is 8.14. The van der Waals surface area contributed by atoms with Gasteiger partial charge >= 0.3 is 8.69 Å². The van der Waals surface area contributed by atoms with Gasteiger partial charge in [-0.2, -0.15) is 0 Å². The number of hydrogen-bond acceptors (Lipinski definition) is 2. The summed E-state index contributed by atoms with van der Waals surface area (Å²) in [6.07, 6.45) is 0.940. The van der Waals surface area contributed by atoms with Gasteiger partial charge in [0.25, 0.3) is 0 Å². The van der Waals surface area contributed by atoms with Crippen molar-refractivity contribution in [3.63, 3.8) is 0 Å². The van der Waals surface area contributed by atoms with E-state index in [0.29, 0.717) is 6.61 Å². The molecule has 0 spiro atoms. The minimum atomic E-state index is -0.585. The summed E-state index contributed by atoms with van der Waals surface area (Å²) in [7, 11) is -0.585. The first-order valence-electron chi connectivity index (χ1n) is 1.90. The van der Waals surface area contributed by atoms with Crippen molar-refractivity contribution in [1.29, 1.82) is 0 Å². The van der Waals surface area contributed by atoms with Crippen LogP contribution in [0.15, 0.2) is 0 Å². The van der Waals surface area contributed by atoms with Gasteiger partial charge in [0, 0.05) is 19.5 Å². The SMILES string of the molecule is CCCO[PH+]=O.[Zn]. The van der Waals surface area contributed by atoms with E-state index in [0.717, 1.165) is 6.42 Å². The molecule has 38 valence electrons. The fourth-order valence-corrected chi connectivity index (χ4v) is 0.431. The van der Waals surface area contributed by atoms with Crippen LogP contribution in [0.25, 0.3) is 0 Å². The van der Waals surface area contributed by atoms with Gasteiger partial charge in [-0.15, -0.1) is 4.52 Å². The summed E-state index contributed by atoms with van der Waals surface area (Å²) >= 11 is 0. The molecule has 0 amide bonds. The van der Waals surface area contributed by atoms with Gasteiger partial charge in [0.05, 0.1) is 0 Å². The summed E-state index contributed by atoms with van der Waals surface area (Å²) in [5, 5.41) is 0. The topological polar surface area (TPSA) is 26.3 Å². The minimum Gasteiger partial charge on any atom is -0.148 e. The molecular formula is C3H8O2PZn+. The Morgan fingerprint density at radius 3 is 2.43 bits per heavy atom. The zero-order chi connectivity index (χ0) is 4.83. The zero-order valence-corrected chi connectivity index (χ0v) is 8.40. The first-order valence-corrected chi connectivity index (χ1v) is 2.72. The third-order valence-corrected chi connectivity index (χ3v) is 0.687. The van der Waals surface area contributed by atoms with Crippen molar-refractivity contribution < 1.29 is 28.6 Å². The third kappa shape index (κ3) is 10.8. The molecule has 0 saturated carbocycles. The van der Waals surface area contributed by atoms with E-state index in [-0.39, 0.29) is 19.5 Å². The summed E-state index contributed by atoms with van der Waals surface area (Å²) in [6, 6.07) is 0. The van der Waals surface area contributed by atoms with Crippen LogP contribution in [-0.2, 0) is 28.6 Å². The van der Waals surface area contributed by atoms with Gasteiger partial charge < -0.3 is 0 Å².